The lowest BCUT2D eigenvalue weighted by atomic mass is 9.99. The van der Waals surface area contributed by atoms with Crippen LogP contribution in [0.4, 0.5) is 0 Å². The van der Waals surface area contributed by atoms with Gasteiger partial charge in [0.05, 0.1) is 12.3 Å². The largest absolute Gasteiger partial charge is 0.388 e. The Bertz CT molecular complexity index is 490. The van der Waals surface area contributed by atoms with Gasteiger partial charge in [-0.15, -0.1) is 0 Å². The first kappa shape index (κ1) is 11.9. The lowest BCUT2D eigenvalue weighted by Gasteiger charge is -2.12. The molecule has 0 aliphatic heterocycles. The molecule has 0 saturated heterocycles. The van der Waals surface area contributed by atoms with Gasteiger partial charge in [0.1, 0.15) is 0 Å². The molecule has 17 heavy (non-hydrogen) atoms. The van der Waals surface area contributed by atoms with Crippen molar-refractivity contribution in [1.82, 2.24) is 9.78 Å². The number of hydrogen-bond donors (Lipinski definition) is 1. The predicted octanol–water partition coefficient (Wildman–Crippen LogP) is 2.39. The maximum atomic E-state index is 10.1. The van der Waals surface area contributed by atoms with Crippen LogP contribution in [0.2, 0.25) is 0 Å². The van der Waals surface area contributed by atoms with Crippen molar-refractivity contribution in [2.75, 3.05) is 0 Å². The number of aromatic nitrogens is 2. The molecule has 0 fully saturated rings. The number of aryl methyl sites for hydroxylation is 3. The molecule has 0 bridgehead atoms. The highest BCUT2D eigenvalue weighted by molar-refractivity contribution is 5.27. The summed E-state index contributed by atoms with van der Waals surface area (Å²) in [5, 5.41) is 14.3. The molecule has 0 radical (unpaired) electrons. The van der Waals surface area contributed by atoms with E-state index in [9.17, 15) is 5.11 Å². The van der Waals surface area contributed by atoms with Crippen LogP contribution in [-0.2, 0) is 13.5 Å². The first-order chi connectivity index (χ1) is 8.16. The quantitative estimate of drug-likeness (QED) is 0.875. The van der Waals surface area contributed by atoms with Crippen LogP contribution in [0.1, 0.15) is 29.2 Å². The van der Waals surface area contributed by atoms with Gasteiger partial charge in [0.25, 0.3) is 0 Å². The summed E-state index contributed by atoms with van der Waals surface area (Å²) >= 11 is 0. The highest BCUT2D eigenvalue weighted by atomic mass is 16.3. The zero-order chi connectivity index (χ0) is 12.3. The van der Waals surface area contributed by atoms with Crippen molar-refractivity contribution in [3.63, 3.8) is 0 Å². The van der Waals surface area contributed by atoms with Gasteiger partial charge in [-0.2, -0.15) is 5.10 Å². The Morgan fingerprint density at radius 1 is 1.35 bits per heavy atom. The van der Waals surface area contributed by atoms with Crippen LogP contribution in [0, 0.1) is 6.92 Å². The van der Waals surface area contributed by atoms with Crippen molar-refractivity contribution in [2.24, 2.45) is 7.05 Å². The molecule has 0 saturated carbocycles. The topological polar surface area (TPSA) is 38.1 Å². The maximum Gasteiger partial charge on any atom is 0.0795 e. The summed E-state index contributed by atoms with van der Waals surface area (Å²) in [4.78, 5) is 0. The fourth-order valence-electron chi connectivity index (χ4n) is 2.02. The van der Waals surface area contributed by atoms with E-state index >= 15 is 0 Å². The minimum Gasteiger partial charge on any atom is -0.388 e. The van der Waals surface area contributed by atoms with Crippen LogP contribution >= 0.6 is 0 Å². The molecule has 1 heterocycles. The van der Waals surface area contributed by atoms with Crippen LogP contribution in [-0.4, -0.2) is 14.9 Å². The molecule has 0 spiro atoms. The molecule has 0 aliphatic carbocycles. The number of nitrogens with zero attached hydrogens (tertiary/aromatic N) is 2. The number of aliphatic hydroxyl groups excluding tert-OH is 1. The Hall–Kier alpha value is -1.61. The smallest absolute Gasteiger partial charge is 0.0795 e. The van der Waals surface area contributed by atoms with E-state index in [2.05, 4.69) is 5.10 Å². The van der Waals surface area contributed by atoms with Crippen LogP contribution in [0.3, 0.4) is 0 Å². The molecule has 0 amide bonds. The SMILES string of the molecule is Cc1ccccc1C(O)CCc1cnn(C)c1. The van der Waals surface area contributed by atoms with E-state index in [4.69, 9.17) is 0 Å². The average molecular weight is 230 g/mol. The molecular formula is C14H18N2O. The zero-order valence-corrected chi connectivity index (χ0v) is 10.3. The molecule has 1 aromatic heterocycles. The fraction of sp³-hybridized carbons (Fsp3) is 0.357. The van der Waals surface area contributed by atoms with Crippen molar-refractivity contribution in [3.8, 4) is 0 Å². The van der Waals surface area contributed by atoms with Gasteiger partial charge in [0.2, 0.25) is 0 Å². The molecular weight excluding hydrogens is 212 g/mol. The number of rotatable bonds is 4. The standard InChI is InChI=1S/C14H18N2O/c1-11-5-3-4-6-13(11)14(17)8-7-12-9-15-16(2)10-12/h3-6,9-10,14,17H,7-8H2,1-2H3. The first-order valence-corrected chi connectivity index (χ1v) is 5.88. The average Bonchev–Trinajstić information content (AvgIpc) is 2.73. The van der Waals surface area contributed by atoms with Gasteiger partial charge in [-0.1, -0.05) is 24.3 Å². The molecule has 90 valence electrons. The van der Waals surface area contributed by atoms with Gasteiger partial charge in [-0.25, -0.2) is 0 Å². The van der Waals surface area contributed by atoms with Crippen molar-refractivity contribution in [2.45, 2.75) is 25.9 Å². The molecule has 2 aromatic rings. The molecule has 1 atom stereocenters. The summed E-state index contributed by atoms with van der Waals surface area (Å²) < 4.78 is 1.79. The summed E-state index contributed by atoms with van der Waals surface area (Å²) in [5.41, 5.74) is 3.34. The molecule has 1 N–H and O–H groups in total. The summed E-state index contributed by atoms with van der Waals surface area (Å²) in [5.74, 6) is 0. The summed E-state index contributed by atoms with van der Waals surface area (Å²) in [6, 6.07) is 7.98. The van der Waals surface area contributed by atoms with Gasteiger partial charge < -0.3 is 5.11 Å². The Kier molecular flexibility index (Phi) is 3.59. The lowest BCUT2D eigenvalue weighted by Crippen LogP contribution is -2.01. The van der Waals surface area contributed by atoms with Gasteiger partial charge in [-0.3, -0.25) is 4.68 Å². The van der Waals surface area contributed by atoms with Crippen LogP contribution in [0.25, 0.3) is 0 Å². The molecule has 3 nitrogen and oxygen atoms in total. The van der Waals surface area contributed by atoms with Crippen LogP contribution < -0.4 is 0 Å². The fourth-order valence-corrected chi connectivity index (χ4v) is 2.02. The van der Waals surface area contributed by atoms with Crippen LogP contribution in [0.15, 0.2) is 36.7 Å². The summed E-state index contributed by atoms with van der Waals surface area (Å²) in [7, 11) is 1.90. The Labute approximate surface area is 102 Å². The van der Waals surface area contributed by atoms with Gasteiger partial charge in [0, 0.05) is 13.2 Å². The van der Waals surface area contributed by atoms with Crippen LogP contribution in [0.5, 0.6) is 0 Å². The summed E-state index contributed by atoms with van der Waals surface area (Å²) in [6.07, 6.45) is 5.03. The van der Waals surface area contributed by atoms with Crippen molar-refractivity contribution >= 4 is 0 Å². The van der Waals surface area contributed by atoms with Gasteiger partial charge >= 0.3 is 0 Å². The highest BCUT2D eigenvalue weighted by Gasteiger charge is 2.10. The minimum atomic E-state index is -0.392. The van der Waals surface area contributed by atoms with E-state index in [1.54, 1.807) is 4.68 Å². The monoisotopic (exact) mass is 230 g/mol. The van der Waals surface area contributed by atoms with Crippen molar-refractivity contribution in [1.29, 1.82) is 0 Å². The third kappa shape index (κ3) is 2.94. The highest BCUT2D eigenvalue weighted by Crippen LogP contribution is 2.21. The van der Waals surface area contributed by atoms with Gasteiger partial charge in [0.15, 0.2) is 0 Å². The summed E-state index contributed by atoms with van der Waals surface area (Å²) in [6.45, 7) is 2.03. The Balaban J connectivity index is 1.98. The van der Waals surface area contributed by atoms with Crippen molar-refractivity contribution < 1.29 is 5.11 Å². The lowest BCUT2D eigenvalue weighted by molar-refractivity contribution is 0.167. The molecule has 1 aromatic carbocycles. The van der Waals surface area contributed by atoms with E-state index in [0.717, 1.165) is 24.0 Å². The number of hydrogen-bond acceptors (Lipinski definition) is 2. The maximum absolute atomic E-state index is 10.1. The molecule has 1 unspecified atom stereocenters. The normalized spacial score (nSPS) is 12.6. The third-order valence-electron chi connectivity index (χ3n) is 3.01. The second-order valence-corrected chi connectivity index (χ2v) is 4.43. The third-order valence-corrected chi connectivity index (χ3v) is 3.01. The second-order valence-electron chi connectivity index (χ2n) is 4.43. The molecule has 0 aliphatic rings. The van der Waals surface area contributed by atoms with E-state index in [-0.39, 0.29) is 0 Å². The van der Waals surface area contributed by atoms with E-state index < -0.39 is 6.10 Å². The van der Waals surface area contributed by atoms with E-state index in [0.29, 0.717) is 0 Å². The minimum absolute atomic E-state index is 0.392. The van der Waals surface area contributed by atoms with E-state index in [1.807, 2.05) is 50.6 Å². The first-order valence-electron chi connectivity index (χ1n) is 5.88. The van der Waals surface area contributed by atoms with Gasteiger partial charge in [-0.05, 0) is 36.5 Å². The number of aliphatic hydroxyl groups is 1. The number of benzene rings is 1. The second kappa shape index (κ2) is 5.15. The van der Waals surface area contributed by atoms with E-state index in [1.165, 1.54) is 5.56 Å². The molecule has 2 rings (SSSR count). The van der Waals surface area contributed by atoms with Crippen molar-refractivity contribution in [3.05, 3.63) is 53.3 Å². The predicted molar refractivity (Wildman–Crippen MR) is 67.7 cm³/mol. The Morgan fingerprint density at radius 3 is 2.76 bits per heavy atom. The Morgan fingerprint density at radius 2 is 2.12 bits per heavy atom. The molecule has 3 heteroatoms. The zero-order valence-electron chi connectivity index (χ0n) is 10.3.